The third-order valence-corrected chi connectivity index (χ3v) is 3.28. The molecule has 1 aliphatic heterocycles. The number of nitrogens with zero attached hydrogens (tertiary/aromatic N) is 1. The topological polar surface area (TPSA) is 24.5 Å². The minimum Gasteiger partial charge on any atom is -0.381 e. The zero-order valence-electron chi connectivity index (χ0n) is 12.1. The molecule has 0 radical (unpaired) electrons. The van der Waals surface area contributed by atoms with Crippen molar-refractivity contribution in [1.29, 1.82) is 0 Å². The molecule has 0 spiro atoms. The summed E-state index contributed by atoms with van der Waals surface area (Å²) in [6, 6.07) is 0. The highest BCUT2D eigenvalue weighted by atomic mass is 16.5. The van der Waals surface area contributed by atoms with Gasteiger partial charge in [-0.15, -0.1) is 0 Å². The third kappa shape index (κ3) is 7.74. The maximum Gasteiger partial charge on any atom is 0.0469 e. The number of rotatable bonds is 6. The molecule has 0 aromatic heterocycles. The smallest absolute Gasteiger partial charge is 0.0469 e. The van der Waals surface area contributed by atoms with Crippen LogP contribution in [-0.2, 0) is 4.74 Å². The monoisotopic (exact) mass is 242 g/mol. The maximum atomic E-state index is 5.39. The van der Waals surface area contributed by atoms with Crippen molar-refractivity contribution in [3.8, 4) is 0 Å². The summed E-state index contributed by atoms with van der Waals surface area (Å²) in [5, 5.41) is 3.53. The summed E-state index contributed by atoms with van der Waals surface area (Å²) in [5.74, 6) is 0.851. The van der Waals surface area contributed by atoms with Crippen molar-refractivity contribution in [3.63, 3.8) is 0 Å². The fourth-order valence-corrected chi connectivity index (χ4v) is 2.27. The molecule has 1 N–H and O–H groups in total. The Bertz CT molecular complexity index is 195. The van der Waals surface area contributed by atoms with Gasteiger partial charge in [-0.25, -0.2) is 0 Å². The molecule has 1 rings (SSSR count). The van der Waals surface area contributed by atoms with Gasteiger partial charge < -0.3 is 15.0 Å². The van der Waals surface area contributed by atoms with Gasteiger partial charge in [-0.05, 0) is 66.1 Å². The predicted molar refractivity (Wildman–Crippen MR) is 73.4 cm³/mol. The van der Waals surface area contributed by atoms with Crippen LogP contribution >= 0.6 is 0 Å². The van der Waals surface area contributed by atoms with Crippen LogP contribution in [-0.4, -0.2) is 50.3 Å². The summed E-state index contributed by atoms with van der Waals surface area (Å²) in [5.41, 5.74) is 0.249. The normalized spacial score (nSPS) is 18.9. The van der Waals surface area contributed by atoms with Crippen LogP contribution in [0.4, 0.5) is 0 Å². The van der Waals surface area contributed by atoms with Gasteiger partial charge in [-0.3, -0.25) is 0 Å². The van der Waals surface area contributed by atoms with Gasteiger partial charge in [0.05, 0.1) is 0 Å². The van der Waals surface area contributed by atoms with E-state index in [4.69, 9.17) is 4.74 Å². The second-order valence-corrected chi connectivity index (χ2v) is 6.35. The Hall–Kier alpha value is -0.120. The predicted octanol–water partition coefficient (Wildman–Crippen LogP) is 2.12. The number of hydrogen-bond acceptors (Lipinski definition) is 3. The quantitative estimate of drug-likeness (QED) is 0.722. The number of ether oxygens (including phenoxy) is 1. The van der Waals surface area contributed by atoms with E-state index in [0.717, 1.165) is 25.7 Å². The van der Waals surface area contributed by atoms with E-state index in [0.29, 0.717) is 0 Å². The van der Waals surface area contributed by atoms with Crippen molar-refractivity contribution < 1.29 is 4.74 Å². The van der Waals surface area contributed by atoms with Crippen LogP contribution in [0.2, 0.25) is 0 Å². The van der Waals surface area contributed by atoms with E-state index in [1.807, 2.05) is 0 Å². The molecule has 0 amide bonds. The van der Waals surface area contributed by atoms with E-state index in [-0.39, 0.29) is 5.54 Å². The highest BCUT2D eigenvalue weighted by Gasteiger charge is 2.15. The van der Waals surface area contributed by atoms with Gasteiger partial charge in [0, 0.05) is 25.3 Å². The molecule has 0 saturated carbocycles. The Morgan fingerprint density at radius 1 is 1.24 bits per heavy atom. The zero-order valence-corrected chi connectivity index (χ0v) is 12.1. The lowest BCUT2D eigenvalue weighted by Crippen LogP contribution is -2.38. The first-order valence-electron chi connectivity index (χ1n) is 6.99. The van der Waals surface area contributed by atoms with Gasteiger partial charge >= 0.3 is 0 Å². The molecule has 0 aromatic carbocycles. The van der Waals surface area contributed by atoms with E-state index in [9.17, 15) is 0 Å². The van der Waals surface area contributed by atoms with Crippen molar-refractivity contribution >= 4 is 0 Å². The molecule has 0 aliphatic carbocycles. The summed E-state index contributed by atoms with van der Waals surface area (Å²) in [6.07, 6.45) is 3.71. The van der Waals surface area contributed by atoms with Crippen molar-refractivity contribution in [2.24, 2.45) is 5.92 Å². The average Bonchev–Trinajstić information content (AvgIpc) is 2.25. The molecule has 0 unspecified atom stereocenters. The van der Waals surface area contributed by atoms with Gasteiger partial charge in [0.25, 0.3) is 0 Å². The lowest BCUT2D eigenvalue weighted by Gasteiger charge is -2.27. The average molecular weight is 242 g/mol. The number of hydrogen-bond donors (Lipinski definition) is 1. The van der Waals surface area contributed by atoms with E-state index in [1.54, 1.807) is 0 Å². The van der Waals surface area contributed by atoms with Crippen molar-refractivity contribution in [1.82, 2.24) is 10.2 Å². The van der Waals surface area contributed by atoms with Gasteiger partial charge in [-0.2, -0.15) is 0 Å². The second kappa shape index (κ2) is 7.34. The Kier molecular flexibility index (Phi) is 6.45. The molecule has 17 heavy (non-hydrogen) atoms. The lowest BCUT2D eigenvalue weighted by molar-refractivity contribution is 0.0556. The van der Waals surface area contributed by atoms with Crippen LogP contribution in [0, 0.1) is 5.92 Å². The molecule has 3 heteroatoms. The fraction of sp³-hybridized carbons (Fsp3) is 1.00. The molecule has 0 aromatic rings. The molecular weight excluding hydrogens is 212 g/mol. The highest BCUT2D eigenvalue weighted by Crippen LogP contribution is 2.15. The molecule has 0 atom stereocenters. The van der Waals surface area contributed by atoms with Gasteiger partial charge in [-0.1, -0.05) is 0 Å². The number of nitrogens with one attached hydrogen (secondary N) is 1. The van der Waals surface area contributed by atoms with Gasteiger partial charge in [0.2, 0.25) is 0 Å². The van der Waals surface area contributed by atoms with Gasteiger partial charge in [0.15, 0.2) is 0 Å². The minimum atomic E-state index is 0.249. The van der Waals surface area contributed by atoms with Crippen LogP contribution in [0.15, 0.2) is 0 Å². The Balaban J connectivity index is 2.02. The standard InChI is InChI=1S/C14H30N2O/c1-14(2,3)15-8-5-9-16(4)12-13-6-10-17-11-7-13/h13,15H,5-12H2,1-4H3. The zero-order chi connectivity index (χ0) is 12.7. The SMILES string of the molecule is CN(CCCNC(C)(C)C)CC1CCOCC1. The minimum absolute atomic E-state index is 0.249. The maximum absolute atomic E-state index is 5.39. The van der Waals surface area contributed by atoms with Gasteiger partial charge in [0.1, 0.15) is 0 Å². The van der Waals surface area contributed by atoms with Crippen molar-refractivity contribution in [2.45, 2.75) is 45.6 Å². The third-order valence-electron chi connectivity index (χ3n) is 3.28. The Labute approximate surface area is 107 Å². The summed E-state index contributed by atoms with van der Waals surface area (Å²) in [6.45, 7) is 12.1. The molecule has 102 valence electrons. The molecule has 1 fully saturated rings. The Morgan fingerprint density at radius 2 is 1.88 bits per heavy atom. The fourth-order valence-electron chi connectivity index (χ4n) is 2.27. The molecule has 1 saturated heterocycles. The summed E-state index contributed by atoms with van der Waals surface area (Å²) < 4.78 is 5.39. The summed E-state index contributed by atoms with van der Waals surface area (Å²) in [7, 11) is 2.24. The molecule has 0 bridgehead atoms. The Morgan fingerprint density at radius 3 is 2.47 bits per heavy atom. The van der Waals surface area contributed by atoms with Crippen LogP contribution in [0.3, 0.4) is 0 Å². The second-order valence-electron chi connectivity index (χ2n) is 6.35. The van der Waals surface area contributed by atoms with Crippen LogP contribution < -0.4 is 5.32 Å². The van der Waals surface area contributed by atoms with Crippen molar-refractivity contribution in [2.75, 3.05) is 39.9 Å². The van der Waals surface area contributed by atoms with Crippen LogP contribution in [0.5, 0.6) is 0 Å². The molecule has 3 nitrogen and oxygen atoms in total. The van der Waals surface area contributed by atoms with E-state index in [1.165, 1.54) is 32.4 Å². The lowest BCUT2D eigenvalue weighted by atomic mass is 10.00. The highest BCUT2D eigenvalue weighted by molar-refractivity contribution is 4.71. The summed E-state index contributed by atoms with van der Waals surface area (Å²) in [4.78, 5) is 2.47. The van der Waals surface area contributed by atoms with E-state index in [2.05, 4.69) is 38.0 Å². The molecular formula is C14H30N2O. The molecule has 1 heterocycles. The molecule has 1 aliphatic rings. The first-order valence-corrected chi connectivity index (χ1v) is 6.99. The van der Waals surface area contributed by atoms with E-state index >= 15 is 0 Å². The van der Waals surface area contributed by atoms with Crippen LogP contribution in [0.1, 0.15) is 40.0 Å². The first kappa shape index (κ1) is 14.9. The van der Waals surface area contributed by atoms with E-state index < -0.39 is 0 Å². The van der Waals surface area contributed by atoms with Crippen molar-refractivity contribution in [3.05, 3.63) is 0 Å². The first-order chi connectivity index (χ1) is 7.97. The summed E-state index contributed by atoms with van der Waals surface area (Å²) >= 11 is 0. The van der Waals surface area contributed by atoms with Crippen LogP contribution in [0.25, 0.3) is 0 Å². The largest absolute Gasteiger partial charge is 0.381 e.